The van der Waals surface area contributed by atoms with Gasteiger partial charge in [-0.05, 0) is 12.0 Å². The molecular weight excluding hydrogens is 278 g/mol. The molecule has 3 aliphatic rings. The molecule has 2 aliphatic heterocycles. The van der Waals surface area contributed by atoms with Gasteiger partial charge < -0.3 is 15.2 Å². The number of nitrogens with one attached hydrogen (secondary N) is 1. The van der Waals surface area contributed by atoms with Crippen LogP contribution in [0.2, 0.25) is 0 Å². The predicted octanol–water partition coefficient (Wildman–Crippen LogP) is 2.82. The molecule has 0 aromatic carbocycles. The highest BCUT2D eigenvalue weighted by Gasteiger charge is 2.68. The summed E-state index contributed by atoms with van der Waals surface area (Å²) in [5.74, 6) is -0.350. The molecule has 2 heterocycles. The summed E-state index contributed by atoms with van der Waals surface area (Å²) in [7, 11) is 0. The Bertz CT molecular complexity index is 522. The SMILES string of the molecule is CCCCCCC1CNC2C=C/C(=C\C=C\C(=O)O)C23OC13. The lowest BCUT2D eigenvalue weighted by Gasteiger charge is -2.29. The van der Waals surface area contributed by atoms with E-state index in [9.17, 15) is 4.79 Å². The Hall–Kier alpha value is -1.39. The number of unbranched alkanes of at least 4 members (excludes halogenated alkanes) is 3. The van der Waals surface area contributed by atoms with Crippen molar-refractivity contribution in [2.45, 2.75) is 56.8 Å². The van der Waals surface area contributed by atoms with Crippen LogP contribution in [0.5, 0.6) is 0 Å². The molecule has 2 N–H and O–H groups in total. The zero-order chi connectivity index (χ0) is 15.6. The van der Waals surface area contributed by atoms with E-state index < -0.39 is 5.97 Å². The second-order valence-corrected chi connectivity index (χ2v) is 6.51. The molecular formula is C18H25NO3. The normalized spacial score (nSPS) is 37.5. The number of aliphatic carboxylic acids is 1. The third kappa shape index (κ3) is 2.77. The molecule has 1 aliphatic carbocycles. The number of allylic oxidation sites excluding steroid dienone is 2. The molecule has 120 valence electrons. The molecule has 2 saturated heterocycles. The molecule has 0 radical (unpaired) electrons. The van der Waals surface area contributed by atoms with Gasteiger partial charge in [0.1, 0.15) is 5.60 Å². The second kappa shape index (κ2) is 6.39. The van der Waals surface area contributed by atoms with Crippen LogP contribution in [0.4, 0.5) is 0 Å². The zero-order valence-corrected chi connectivity index (χ0v) is 13.1. The number of rotatable bonds is 7. The largest absolute Gasteiger partial charge is 0.478 e. The van der Waals surface area contributed by atoms with Gasteiger partial charge in [-0.15, -0.1) is 0 Å². The van der Waals surface area contributed by atoms with Crippen molar-refractivity contribution in [2.24, 2.45) is 5.92 Å². The van der Waals surface area contributed by atoms with Gasteiger partial charge in [0.2, 0.25) is 0 Å². The topological polar surface area (TPSA) is 61.9 Å². The number of hydrogen-bond acceptors (Lipinski definition) is 3. The van der Waals surface area contributed by atoms with Gasteiger partial charge in [-0.3, -0.25) is 0 Å². The number of carboxylic acids is 1. The summed E-state index contributed by atoms with van der Waals surface area (Å²) in [6.45, 7) is 3.25. The third-order valence-electron chi connectivity index (χ3n) is 5.04. The molecule has 4 unspecified atom stereocenters. The molecule has 0 aromatic rings. The van der Waals surface area contributed by atoms with Gasteiger partial charge in [0.05, 0.1) is 12.1 Å². The van der Waals surface area contributed by atoms with Crippen LogP contribution in [0, 0.1) is 5.92 Å². The summed E-state index contributed by atoms with van der Waals surface area (Å²) in [5, 5.41) is 12.3. The number of carboxylic acid groups (broad SMARTS) is 1. The number of carbonyl (C=O) groups is 1. The van der Waals surface area contributed by atoms with E-state index in [0.29, 0.717) is 12.0 Å². The maximum atomic E-state index is 10.6. The number of piperidine rings is 1. The van der Waals surface area contributed by atoms with E-state index in [1.54, 1.807) is 6.08 Å². The average Bonchev–Trinajstić information content (AvgIpc) is 3.15. The molecule has 4 heteroatoms. The Balaban J connectivity index is 1.63. The summed E-state index contributed by atoms with van der Waals surface area (Å²) < 4.78 is 6.15. The van der Waals surface area contributed by atoms with E-state index >= 15 is 0 Å². The highest BCUT2D eigenvalue weighted by Crippen LogP contribution is 2.56. The fraction of sp³-hybridized carbons (Fsp3) is 0.611. The second-order valence-electron chi connectivity index (χ2n) is 6.51. The van der Waals surface area contributed by atoms with Gasteiger partial charge in [0.25, 0.3) is 0 Å². The molecule has 22 heavy (non-hydrogen) atoms. The molecule has 2 fully saturated rings. The highest BCUT2D eigenvalue weighted by molar-refractivity contribution is 5.80. The fourth-order valence-corrected chi connectivity index (χ4v) is 3.87. The Morgan fingerprint density at radius 3 is 3.14 bits per heavy atom. The lowest BCUT2D eigenvalue weighted by atomic mass is 9.81. The molecule has 3 rings (SSSR count). The standard InChI is InChI=1S/C18H25NO3/c1-2-3-4-5-7-13-12-19-15-11-10-14(8-6-9-16(20)21)18(15)17(13)22-18/h6,8-11,13,15,17,19H,2-5,7,12H2,1H3,(H,20,21)/b9-6+,14-8+. The monoisotopic (exact) mass is 303 g/mol. The maximum Gasteiger partial charge on any atom is 0.328 e. The van der Waals surface area contributed by atoms with Crippen LogP contribution in [-0.4, -0.2) is 35.4 Å². The molecule has 0 saturated carbocycles. The van der Waals surface area contributed by atoms with Crippen LogP contribution in [0.1, 0.15) is 39.0 Å². The van der Waals surface area contributed by atoms with Gasteiger partial charge >= 0.3 is 5.97 Å². The van der Waals surface area contributed by atoms with E-state index in [-0.39, 0.29) is 11.6 Å². The zero-order valence-electron chi connectivity index (χ0n) is 13.1. The van der Waals surface area contributed by atoms with E-state index in [2.05, 4.69) is 24.4 Å². The minimum absolute atomic E-state index is 0.226. The van der Waals surface area contributed by atoms with Crippen LogP contribution in [0.15, 0.2) is 36.0 Å². The smallest absolute Gasteiger partial charge is 0.328 e. The third-order valence-corrected chi connectivity index (χ3v) is 5.04. The van der Waals surface area contributed by atoms with E-state index in [1.165, 1.54) is 38.2 Å². The van der Waals surface area contributed by atoms with Crippen molar-refractivity contribution in [2.75, 3.05) is 6.54 Å². The molecule has 1 spiro atoms. The summed E-state index contributed by atoms with van der Waals surface area (Å²) in [6.07, 6.45) is 15.5. The van der Waals surface area contributed by atoms with Crippen LogP contribution >= 0.6 is 0 Å². The summed E-state index contributed by atoms with van der Waals surface area (Å²) in [4.78, 5) is 10.6. The molecule has 0 bridgehead atoms. The van der Waals surface area contributed by atoms with E-state index in [4.69, 9.17) is 9.84 Å². The van der Waals surface area contributed by atoms with Crippen LogP contribution in [-0.2, 0) is 9.53 Å². The lowest BCUT2D eigenvalue weighted by molar-refractivity contribution is -0.131. The number of ether oxygens (including phenoxy) is 1. The first kappa shape index (κ1) is 15.5. The minimum atomic E-state index is -0.920. The first-order chi connectivity index (χ1) is 10.7. The average molecular weight is 303 g/mol. The quantitative estimate of drug-likeness (QED) is 0.431. The Labute approximate surface area is 131 Å². The Kier molecular flexibility index (Phi) is 4.50. The van der Waals surface area contributed by atoms with Crippen LogP contribution in [0.25, 0.3) is 0 Å². The molecule has 4 nitrogen and oxygen atoms in total. The summed E-state index contributed by atoms with van der Waals surface area (Å²) >= 11 is 0. The van der Waals surface area contributed by atoms with Gasteiger partial charge in [-0.1, -0.05) is 56.9 Å². The van der Waals surface area contributed by atoms with Crippen molar-refractivity contribution in [1.29, 1.82) is 0 Å². The molecule has 0 aromatic heterocycles. The minimum Gasteiger partial charge on any atom is -0.478 e. The van der Waals surface area contributed by atoms with E-state index in [0.717, 1.165) is 12.1 Å². The highest BCUT2D eigenvalue weighted by atomic mass is 16.6. The van der Waals surface area contributed by atoms with Gasteiger partial charge in [0.15, 0.2) is 0 Å². The molecule has 0 amide bonds. The van der Waals surface area contributed by atoms with Gasteiger partial charge in [-0.25, -0.2) is 4.79 Å². The summed E-state index contributed by atoms with van der Waals surface area (Å²) in [5.41, 5.74) is 0.877. The van der Waals surface area contributed by atoms with Gasteiger partial charge in [0, 0.05) is 18.5 Å². The van der Waals surface area contributed by atoms with Crippen molar-refractivity contribution in [3.63, 3.8) is 0 Å². The Morgan fingerprint density at radius 1 is 1.50 bits per heavy atom. The maximum absolute atomic E-state index is 10.6. The van der Waals surface area contributed by atoms with Crippen molar-refractivity contribution >= 4 is 5.97 Å². The first-order valence-electron chi connectivity index (χ1n) is 8.39. The number of epoxide rings is 1. The van der Waals surface area contributed by atoms with Crippen molar-refractivity contribution in [1.82, 2.24) is 5.32 Å². The van der Waals surface area contributed by atoms with Crippen molar-refractivity contribution in [3.8, 4) is 0 Å². The Morgan fingerprint density at radius 2 is 2.36 bits per heavy atom. The van der Waals surface area contributed by atoms with Crippen molar-refractivity contribution < 1.29 is 14.6 Å². The van der Waals surface area contributed by atoms with Crippen LogP contribution < -0.4 is 5.32 Å². The van der Waals surface area contributed by atoms with E-state index in [1.807, 2.05) is 6.08 Å². The number of hydrogen-bond donors (Lipinski definition) is 2. The van der Waals surface area contributed by atoms with Crippen LogP contribution in [0.3, 0.4) is 0 Å². The van der Waals surface area contributed by atoms with Gasteiger partial charge in [-0.2, -0.15) is 0 Å². The van der Waals surface area contributed by atoms with Crippen molar-refractivity contribution in [3.05, 3.63) is 36.0 Å². The molecule has 4 atom stereocenters. The summed E-state index contributed by atoms with van der Waals surface area (Å²) in [6, 6.07) is 0.244. The lowest BCUT2D eigenvalue weighted by Crippen LogP contribution is -2.49. The predicted molar refractivity (Wildman–Crippen MR) is 85.6 cm³/mol. The first-order valence-corrected chi connectivity index (χ1v) is 8.39. The fourth-order valence-electron chi connectivity index (χ4n) is 3.87.